The van der Waals surface area contributed by atoms with Crippen molar-refractivity contribution in [3.8, 4) is 0 Å². The molecule has 0 saturated heterocycles. The zero-order chi connectivity index (χ0) is 15.1. The molecule has 2 aliphatic carbocycles. The summed E-state index contributed by atoms with van der Waals surface area (Å²) < 4.78 is 1.26. The average Bonchev–Trinajstić information content (AvgIpc) is 3.12. The second-order valence-corrected chi connectivity index (χ2v) is 6.36. The van der Waals surface area contributed by atoms with Gasteiger partial charge in [-0.1, -0.05) is 6.42 Å². The van der Waals surface area contributed by atoms with Gasteiger partial charge in [-0.3, -0.25) is 19.6 Å². The Labute approximate surface area is 122 Å². The van der Waals surface area contributed by atoms with E-state index < -0.39 is 10.8 Å². The molecule has 7 heteroatoms. The zero-order valence-electron chi connectivity index (χ0n) is 12.3. The van der Waals surface area contributed by atoms with Gasteiger partial charge in [0.2, 0.25) is 5.69 Å². The number of aryl methyl sites for hydroxylation is 1. The highest BCUT2D eigenvalue weighted by Gasteiger charge is 2.42. The Balaban J connectivity index is 1.72. The van der Waals surface area contributed by atoms with Gasteiger partial charge in [0.1, 0.15) is 6.20 Å². The first kappa shape index (κ1) is 14.0. The summed E-state index contributed by atoms with van der Waals surface area (Å²) in [7, 11) is 1.55. The molecule has 0 radical (unpaired) electrons. The number of hydrogen-bond donors (Lipinski definition) is 1. The lowest BCUT2D eigenvalue weighted by Crippen LogP contribution is -2.40. The van der Waals surface area contributed by atoms with Gasteiger partial charge in [0.15, 0.2) is 0 Å². The summed E-state index contributed by atoms with van der Waals surface area (Å²) in [5.41, 5.74) is -0.217. The van der Waals surface area contributed by atoms with Crippen LogP contribution in [0.15, 0.2) is 6.20 Å². The van der Waals surface area contributed by atoms with Gasteiger partial charge >= 0.3 is 5.69 Å². The number of hydrogen-bond acceptors (Lipinski definition) is 4. The van der Waals surface area contributed by atoms with E-state index >= 15 is 0 Å². The van der Waals surface area contributed by atoms with Crippen LogP contribution in [0, 0.1) is 27.9 Å². The van der Waals surface area contributed by atoms with Crippen molar-refractivity contribution in [3.05, 3.63) is 22.0 Å². The lowest BCUT2D eigenvalue weighted by atomic mass is 9.84. The number of rotatable bonds is 4. The summed E-state index contributed by atoms with van der Waals surface area (Å²) in [5, 5.41) is 17.7. The van der Waals surface area contributed by atoms with Crippen LogP contribution in [-0.4, -0.2) is 26.7 Å². The Hall–Kier alpha value is -1.92. The molecule has 0 unspecified atom stereocenters. The smallest absolute Gasteiger partial charge is 0.320 e. The predicted molar refractivity (Wildman–Crippen MR) is 75.7 cm³/mol. The molecule has 0 aromatic carbocycles. The van der Waals surface area contributed by atoms with Crippen molar-refractivity contribution in [2.24, 2.45) is 24.8 Å². The van der Waals surface area contributed by atoms with Crippen LogP contribution < -0.4 is 5.32 Å². The zero-order valence-corrected chi connectivity index (χ0v) is 12.3. The third-order valence-corrected chi connectivity index (χ3v) is 5.13. The molecular formula is C14H20N4O3. The van der Waals surface area contributed by atoms with E-state index in [0.717, 1.165) is 12.1 Å². The van der Waals surface area contributed by atoms with Crippen LogP contribution in [0.3, 0.4) is 0 Å². The Kier molecular flexibility index (Phi) is 3.43. The molecule has 4 atom stereocenters. The number of carbonyl (C=O) groups excluding carboxylic acids is 1. The molecule has 2 aliphatic rings. The molecule has 1 N–H and O–H groups in total. The van der Waals surface area contributed by atoms with Crippen LogP contribution >= 0.6 is 0 Å². The Morgan fingerprint density at radius 2 is 2.29 bits per heavy atom. The van der Waals surface area contributed by atoms with Crippen molar-refractivity contribution in [1.29, 1.82) is 0 Å². The second-order valence-electron chi connectivity index (χ2n) is 6.36. The number of nitrogens with zero attached hydrogens (tertiary/aromatic N) is 3. The van der Waals surface area contributed by atoms with E-state index in [1.165, 1.54) is 30.4 Å². The van der Waals surface area contributed by atoms with Gasteiger partial charge in [0.05, 0.1) is 4.92 Å². The van der Waals surface area contributed by atoms with Gasteiger partial charge < -0.3 is 5.32 Å². The maximum atomic E-state index is 12.3. The summed E-state index contributed by atoms with van der Waals surface area (Å²) in [6.45, 7) is 2.01. The Morgan fingerprint density at radius 3 is 2.86 bits per heavy atom. The van der Waals surface area contributed by atoms with Gasteiger partial charge in [-0.05, 0) is 43.9 Å². The molecule has 1 heterocycles. The molecule has 1 amide bonds. The van der Waals surface area contributed by atoms with E-state index in [1.807, 2.05) is 6.92 Å². The highest BCUT2D eigenvalue weighted by Crippen LogP contribution is 2.49. The van der Waals surface area contributed by atoms with E-state index in [0.29, 0.717) is 11.8 Å². The van der Waals surface area contributed by atoms with Gasteiger partial charge in [-0.15, -0.1) is 0 Å². The number of aromatic nitrogens is 2. The lowest BCUT2D eigenvalue weighted by molar-refractivity contribution is -0.385. The maximum absolute atomic E-state index is 12.3. The molecule has 2 saturated carbocycles. The minimum absolute atomic E-state index is 0.0232. The predicted octanol–water partition coefficient (Wildman–Crippen LogP) is 1.88. The lowest BCUT2D eigenvalue weighted by Gasteiger charge is -2.28. The number of carbonyl (C=O) groups is 1. The molecule has 21 heavy (non-hydrogen) atoms. The van der Waals surface area contributed by atoms with Crippen LogP contribution in [0.2, 0.25) is 0 Å². The highest BCUT2D eigenvalue weighted by molar-refractivity contribution is 5.96. The topological polar surface area (TPSA) is 90.1 Å². The minimum Gasteiger partial charge on any atom is -0.348 e. The van der Waals surface area contributed by atoms with E-state index in [1.54, 1.807) is 7.05 Å². The first-order chi connectivity index (χ1) is 9.97. The normalized spacial score (nSPS) is 28.6. The van der Waals surface area contributed by atoms with Crippen molar-refractivity contribution in [3.63, 3.8) is 0 Å². The molecule has 2 fully saturated rings. The van der Waals surface area contributed by atoms with Gasteiger partial charge in [-0.2, -0.15) is 5.10 Å². The van der Waals surface area contributed by atoms with Gasteiger partial charge in [0.25, 0.3) is 5.91 Å². The average molecular weight is 292 g/mol. The molecule has 1 aromatic rings. The molecule has 1 aromatic heterocycles. The number of amides is 1. The van der Waals surface area contributed by atoms with E-state index in [9.17, 15) is 14.9 Å². The molecule has 0 aliphatic heterocycles. The monoisotopic (exact) mass is 292 g/mol. The first-order valence-corrected chi connectivity index (χ1v) is 7.44. The molecule has 0 spiro atoms. The van der Waals surface area contributed by atoms with Crippen molar-refractivity contribution in [1.82, 2.24) is 15.1 Å². The van der Waals surface area contributed by atoms with Crippen LogP contribution in [-0.2, 0) is 7.05 Å². The first-order valence-electron chi connectivity index (χ1n) is 7.44. The summed E-state index contributed by atoms with van der Waals surface area (Å²) in [6, 6.07) is 0.0438. The fourth-order valence-corrected chi connectivity index (χ4v) is 4.11. The summed E-state index contributed by atoms with van der Waals surface area (Å²) in [6.07, 6.45) is 6.13. The summed E-state index contributed by atoms with van der Waals surface area (Å²) >= 11 is 0. The number of nitrogens with one attached hydrogen (secondary N) is 1. The van der Waals surface area contributed by atoms with Crippen molar-refractivity contribution in [2.45, 2.75) is 38.6 Å². The van der Waals surface area contributed by atoms with Crippen LogP contribution in [0.5, 0.6) is 0 Å². The number of fused-ring (bicyclic) bond motifs is 2. The molecule has 3 rings (SSSR count). The fourth-order valence-electron chi connectivity index (χ4n) is 4.11. The summed E-state index contributed by atoms with van der Waals surface area (Å²) in [5.74, 6) is 1.61. The number of nitro groups is 1. The van der Waals surface area contributed by atoms with Crippen LogP contribution in [0.4, 0.5) is 5.69 Å². The maximum Gasteiger partial charge on any atom is 0.320 e. The molecular weight excluding hydrogens is 272 g/mol. The highest BCUT2D eigenvalue weighted by atomic mass is 16.6. The van der Waals surface area contributed by atoms with Gasteiger partial charge in [0, 0.05) is 13.1 Å². The molecule has 7 nitrogen and oxygen atoms in total. The van der Waals surface area contributed by atoms with Crippen molar-refractivity contribution >= 4 is 11.6 Å². The molecule has 2 bridgehead atoms. The van der Waals surface area contributed by atoms with Crippen molar-refractivity contribution < 1.29 is 9.72 Å². The van der Waals surface area contributed by atoms with E-state index in [-0.39, 0.29) is 17.4 Å². The third-order valence-electron chi connectivity index (χ3n) is 5.13. The quantitative estimate of drug-likeness (QED) is 0.677. The Bertz CT molecular complexity index is 583. The van der Waals surface area contributed by atoms with E-state index in [4.69, 9.17) is 0 Å². The van der Waals surface area contributed by atoms with E-state index in [2.05, 4.69) is 10.4 Å². The summed E-state index contributed by atoms with van der Waals surface area (Å²) in [4.78, 5) is 22.7. The minimum atomic E-state index is -0.565. The van der Waals surface area contributed by atoms with Crippen LogP contribution in [0.25, 0.3) is 0 Å². The third kappa shape index (κ3) is 2.41. The molecule has 114 valence electrons. The standard InChI is InChI=1S/C14H20N4O3/c1-8(11-6-9-3-4-10(11)5-9)16-14(19)13-12(18(20)21)7-15-17(13)2/h7-11H,3-6H2,1-2H3,(H,16,19)/t8-,9-,10-,11+/m1/s1. The van der Waals surface area contributed by atoms with Crippen LogP contribution in [0.1, 0.15) is 43.1 Å². The SMILES string of the molecule is C[C@@H](NC(=O)c1c([N+](=O)[O-])cnn1C)[C@@H]1C[C@@H]2CC[C@@H]1C2. The van der Waals surface area contributed by atoms with Crippen molar-refractivity contribution in [2.75, 3.05) is 0 Å². The van der Waals surface area contributed by atoms with Gasteiger partial charge in [-0.25, -0.2) is 0 Å². The second kappa shape index (κ2) is 5.13. The Morgan fingerprint density at radius 1 is 1.52 bits per heavy atom. The fraction of sp³-hybridized carbons (Fsp3) is 0.714. The largest absolute Gasteiger partial charge is 0.348 e.